The average molecular weight is 474 g/mol. The minimum absolute atomic E-state index is 0.0271. The van der Waals surface area contributed by atoms with Gasteiger partial charge in [0.25, 0.3) is 5.91 Å². The van der Waals surface area contributed by atoms with Crippen molar-refractivity contribution in [3.63, 3.8) is 0 Å². The van der Waals surface area contributed by atoms with E-state index in [1.165, 1.54) is 0 Å². The van der Waals surface area contributed by atoms with Crippen LogP contribution in [0, 0.1) is 0 Å². The lowest BCUT2D eigenvalue weighted by Crippen LogP contribution is -2.38. The molecule has 0 saturated carbocycles. The first-order valence-corrected chi connectivity index (χ1v) is 10.9. The molecule has 0 saturated heterocycles. The van der Waals surface area contributed by atoms with Crippen LogP contribution in [0.2, 0.25) is 0 Å². The highest BCUT2D eigenvalue weighted by molar-refractivity contribution is 9.10. The summed E-state index contributed by atoms with van der Waals surface area (Å²) < 4.78 is 12.1. The third-order valence-electron chi connectivity index (χ3n) is 5.39. The Kier molecular flexibility index (Phi) is 7.50. The molecule has 1 amide bonds. The smallest absolute Gasteiger partial charge is 0.257 e. The van der Waals surface area contributed by atoms with Crippen molar-refractivity contribution in [1.29, 1.82) is 0 Å². The molecule has 0 aliphatic carbocycles. The number of para-hydroxylation sites is 1. The van der Waals surface area contributed by atoms with E-state index in [1.54, 1.807) is 19.2 Å². The number of likely N-dealkylation sites (N-methyl/N-ethyl adjacent to an activating group) is 1. The van der Waals surface area contributed by atoms with Gasteiger partial charge in [0, 0.05) is 16.5 Å². The summed E-state index contributed by atoms with van der Waals surface area (Å²) in [4.78, 5) is 15.3. The lowest BCUT2D eigenvalue weighted by atomic mass is 9.97. The maximum absolute atomic E-state index is 13.2. The summed E-state index contributed by atoms with van der Waals surface area (Å²) in [6.45, 7) is 6.06. The molecule has 0 radical (unpaired) electrons. The monoisotopic (exact) mass is 473 g/mol. The maximum Gasteiger partial charge on any atom is 0.257 e. The Morgan fingerprint density at radius 1 is 1.13 bits per heavy atom. The van der Waals surface area contributed by atoms with E-state index in [-0.39, 0.29) is 11.9 Å². The molecule has 0 bridgehead atoms. The Balaban J connectivity index is 2.00. The number of rotatable bonds is 8. The highest BCUT2D eigenvalue weighted by atomic mass is 79.9. The third-order valence-corrected chi connectivity index (χ3v) is 5.92. The topological polar surface area (TPSA) is 54.4 Å². The number of nitrogens with zero attached hydrogens (tertiary/aromatic N) is 3. The van der Waals surface area contributed by atoms with E-state index < -0.39 is 0 Å². The number of carbonyl (C=O) groups is 1. The Morgan fingerprint density at radius 2 is 1.83 bits per heavy atom. The predicted molar refractivity (Wildman–Crippen MR) is 122 cm³/mol. The molecule has 2 aromatic rings. The molecule has 2 aromatic carbocycles. The van der Waals surface area contributed by atoms with Gasteiger partial charge in [0.1, 0.15) is 0 Å². The van der Waals surface area contributed by atoms with Crippen molar-refractivity contribution < 1.29 is 14.3 Å². The van der Waals surface area contributed by atoms with E-state index in [4.69, 9.17) is 14.6 Å². The molecule has 3 rings (SSSR count). The van der Waals surface area contributed by atoms with Gasteiger partial charge < -0.3 is 9.47 Å². The summed E-state index contributed by atoms with van der Waals surface area (Å²) >= 11 is 3.48. The predicted octanol–water partition coefficient (Wildman–Crippen LogP) is 4.49. The second-order valence-corrected chi connectivity index (χ2v) is 7.97. The number of hydrogen-bond donors (Lipinski definition) is 0. The molecule has 1 aliphatic rings. The van der Waals surface area contributed by atoms with E-state index in [9.17, 15) is 4.79 Å². The highest BCUT2D eigenvalue weighted by Crippen LogP contribution is 2.41. The molecule has 7 heteroatoms. The zero-order valence-corrected chi connectivity index (χ0v) is 19.5. The van der Waals surface area contributed by atoms with Gasteiger partial charge in [0.2, 0.25) is 0 Å². The van der Waals surface area contributed by atoms with E-state index >= 15 is 0 Å². The molecule has 1 aliphatic heterocycles. The lowest BCUT2D eigenvalue weighted by molar-refractivity contribution is -0.134. The number of ether oxygens (including phenoxy) is 2. The number of amides is 1. The molecule has 0 N–H and O–H groups in total. The van der Waals surface area contributed by atoms with E-state index in [2.05, 4.69) is 34.7 Å². The molecule has 0 aromatic heterocycles. The number of hydrazone groups is 1. The molecule has 1 atom stereocenters. The number of carbonyl (C=O) groups excluding carboxylic acids is 1. The Morgan fingerprint density at radius 3 is 2.43 bits per heavy atom. The molecule has 160 valence electrons. The van der Waals surface area contributed by atoms with Gasteiger partial charge in [-0.15, -0.1) is 0 Å². The number of hydrogen-bond acceptors (Lipinski definition) is 5. The average Bonchev–Trinajstić information content (AvgIpc) is 3.22. The van der Waals surface area contributed by atoms with Crippen LogP contribution in [0.15, 0.2) is 52.0 Å². The van der Waals surface area contributed by atoms with Crippen LogP contribution in [-0.2, 0) is 4.79 Å². The van der Waals surface area contributed by atoms with Gasteiger partial charge in [-0.25, -0.2) is 5.01 Å². The van der Waals surface area contributed by atoms with Gasteiger partial charge in [0.05, 0.1) is 32.5 Å². The van der Waals surface area contributed by atoms with E-state index in [1.807, 2.05) is 42.5 Å². The van der Waals surface area contributed by atoms with Crippen LogP contribution < -0.4 is 9.47 Å². The molecule has 0 spiro atoms. The van der Waals surface area contributed by atoms with Gasteiger partial charge in [0.15, 0.2) is 11.5 Å². The zero-order chi connectivity index (χ0) is 21.7. The molecule has 0 fully saturated rings. The minimum atomic E-state index is -0.253. The molecule has 6 nitrogen and oxygen atoms in total. The normalized spacial score (nSPS) is 16.0. The van der Waals surface area contributed by atoms with Crippen LogP contribution in [0.3, 0.4) is 0 Å². The van der Waals surface area contributed by atoms with Gasteiger partial charge >= 0.3 is 0 Å². The van der Waals surface area contributed by atoms with Crippen LogP contribution in [0.4, 0.5) is 0 Å². The fraction of sp³-hybridized carbons (Fsp3) is 0.391. The van der Waals surface area contributed by atoms with Crippen molar-refractivity contribution in [2.75, 3.05) is 33.9 Å². The first kappa shape index (κ1) is 22.3. The van der Waals surface area contributed by atoms with Crippen molar-refractivity contribution in [2.24, 2.45) is 5.10 Å². The summed E-state index contributed by atoms with van der Waals surface area (Å²) in [5.41, 5.74) is 2.77. The summed E-state index contributed by atoms with van der Waals surface area (Å²) in [6.07, 6.45) is 0.606. The molecule has 0 unspecified atom stereocenters. The van der Waals surface area contributed by atoms with Crippen LogP contribution in [0.1, 0.15) is 37.4 Å². The molecular formula is C23H28BrN3O3. The number of benzene rings is 2. The maximum atomic E-state index is 13.2. The van der Waals surface area contributed by atoms with Crippen LogP contribution in [0.25, 0.3) is 0 Å². The molecular weight excluding hydrogens is 446 g/mol. The first-order valence-electron chi connectivity index (χ1n) is 10.1. The fourth-order valence-electron chi connectivity index (χ4n) is 3.68. The zero-order valence-electron chi connectivity index (χ0n) is 17.9. The summed E-state index contributed by atoms with van der Waals surface area (Å²) in [5.74, 6) is 1.25. The summed E-state index contributed by atoms with van der Waals surface area (Å²) in [7, 11) is 3.23. The SMILES string of the molecule is CCN(CC)CC(=O)N1N=C(c2ccc(Br)cc2)C[C@H]1c1cccc(OC)c1OC. The lowest BCUT2D eigenvalue weighted by Gasteiger charge is -2.26. The van der Waals surface area contributed by atoms with Crippen LogP contribution in [0.5, 0.6) is 11.5 Å². The summed E-state index contributed by atoms with van der Waals surface area (Å²) in [6, 6.07) is 13.5. The Hall–Kier alpha value is -2.38. The van der Waals surface area contributed by atoms with Gasteiger partial charge in [-0.3, -0.25) is 9.69 Å². The van der Waals surface area contributed by atoms with Crippen molar-refractivity contribution in [2.45, 2.75) is 26.3 Å². The quantitative estimate of drug-likeness (QED) is 0.566. The Bertz CT molecular complexity index is 910. The standard InChI is InChI=1S/C23H28BrN3O3/c1-5-26(6-2)15-22(28)27-20(18-8-7-9-21(29-3)23(18)30-4)14-19(25-27)16-10-12-17(24)13-11-16/h7-13,20H,5-6,14-15H2,1-4H3/t20-/m0/s1. The van der Waals surface area contributed by atoms with Crippen molar-refractivity contribution in [1.82, 2.24) is 9.91 Å². The largest absolute Gasteiger partial charge is 0.493 e. The minimum Gasteiger partial charge on any atom is -0.493 e. The van der Waals surface area contributed by atoms with E-state index in [0.717, 1.165) is 34.4 Å². The highest BCUT2D eigenvalue weighted by Gasteiger charge is 2.35. The third kappa shape index (κ3) is 4.68. The van der Waals surface area contributed by atoms with E-state index in [0.29, 0.717) is 24.5 Å². The second kappa shape index (κ2) is 10.1. The van der Waals surface area contributed by atoms with Gasteiger partial charge in [-0.2, -0.15) is 5.10 Å². The van der Waals surface area contributed by atoms with Crippen LogP contribution >= 0.6 is 15.9 Å². The number of methoxy groups -OCH3 is 2. The molecule has 1 heterocycles. The Labute approximate surface area is 186 Å². The number of halogens is 1. The second-order valence-electron chi connectivity index (χ2n) is 7.06. The van der Waals surface area contributed by atoms with Crippen molar-refractivity contribution >= 4 is 27.5 Å². The molecule has 30 heavy (non-hydrogen) atoms. The first-order chi connectivity index (χ1) is 14.5. The van der Waals surface area contributed by atoms with Crippen molar-refractivity contribution in [3.05, 3.63) is 58.1 Å². The van der Waals surface area contributed by atoms with Gasteiger partial charge in [-0.1, -0.05) is 54.0 Å². The van der Waals surface area contributed by atoms with Gasteiger partial charge in [-0.05, 0) is 36.9 Å². The van der Waals surface area contributed by atoms with Crippen molar-refractivity contribution in [3.8, 4) is 11.5 Å². The summed E-state index contributed by atoms with van der Waals surface area (Å²) in [5, 5.41) is 6.38. The fourth-order valence-corrected chi connectivity index (χ4v) is 3.95. The van der Waals surface area contributed by atoms with Crippen LogP contribution in [-0.4, -0.2) is 55.4 Å².